The van der Waals surface area contributed by atoms with Crippen molar-refractivity contribution in [2.24, 2.45) is 0 Å². The molecule has 1 unspecified atom stereocenters. The van der Waals surface area contributed by atoms with E-state index in [1.54, 1.807) is 39.0 Å². The highest BCUT2D eigenvalue weighted by Crippen LogP contribution is 2.31. The monoisotopic (exact) mass is 414 g/mol. The van der Waals surface area contributed by atoms with E-state index in [0.29, 0.717) is 17.1 Å². The summed E-state index contributed by atoms with van der Waals surface area (Å²) in [5.74, 6) is -2.70. The molecule has 29 heavy (non-hydrogen) atoms. The second kappa shape index (κ2) is 8.84. The highest BCUT2D eigenvalue weighted by molar-refractivity contribution is 5.86. The van der Waals surface area contributed by atoms with Crippen molar-refractivity contribution in [2.45, 2.75) is 57.7 Å². The number of amides is 2. The molecule has 1 heterocycles. The second-order valence-electron chi connectivity index (χ2n) is 7.97. The van der Waals surface area contributed by atoms with Gasteiger partial charge in [0, 0.05) is 24.6 Å². The van der Waals surface area contributed by atoms with Crippen molar-refractivity contribution in [3.05, 3.63) is 23.8 Å². The first kappa shape index (κ1) is 22.7. The number of halogens is 2. The first-order valence-corrected chi connectivity index (χ1v) is 9.31. The Kier molecular flexibility index (Phi) is 6.92. The summed E-state index contributed by atoms with van der Waals surface area (Å²) in [7, 11) is 2.95. The van der Waals surface area contributed by atoms with Gasteiger partial charge in [-0.2, -0.15) is 0 Å². The summed E-state index contributed by atoms with van der Waals surface area (Å²) in [6.45, 7) is 4.20. The molecule has 1 atom stereocenters. The molecule has 1 fully saturated rings. The van der Waals surface area contributed by atoms with Gasteiger partial charge in [0.2, 0.25) is 5.91 Å². The predicted molar refractivity (Wildman–Crippen MR) is 102 cm³/mol. The third-order valence-electron chi connectivity index (χ3n) is 4.38. The number of carbonyl (C=O) groups is 2. The van der Waals surface area contributed by atoms with Crippen LogP contribution in [-0.4, -0.2) is 55.2 Å². The Morgan fingerprint density at radius 2 is 1.97 bits per heavy atom. The van der Waals surface area contributed by atoms with Crippen LogP contribution in [0.2, 0.25) is 0 Å². The molecule has 0 spiro atoms. The van der Waals surface area contributed by atoms with Crippen LogP contribution in [0.3, 0.4) is 0 Å². The largest absolute Gasteiger partial charge is 0.497 e. The summed E-state index contributed by atoms with van der Waals surface area (Å²) >= 11 is 0. The smallest absolute Gasteiger partial charge is 0.408 e. The standard InChI is InChI=1S/C20H28F2N2O5/c1-19(2,3)29-18(26)23-15-8-9-20(21,22)12-24(17(15)25)11-13-6-7-14(27-4)10-16(13)28-5/h6-7,10,15H,8-9,11-12H2,1-5H3,(H,23,26). The van der Waals surface area contributed by atoms with Crippen LogP contribution < -0.4 is 14.8 Å². The maximum absolute atomic E-state index is 14.3. The Balaban J connectivity index is 2.22. The van der Waals surface area contributed by atoms with Gasteiger partial charge in [0.1, 0.15) is 23.1 Å². The average molecular weight is 414 g/mol. The van der Waals surface area contributed by atoms with Crippen LogP contribution in [0.15, 0.2) is 18.2 Å². The van der Waals surface area contributed by atoms with E-state index >= 15 is 0 Å². The maximum Gasteiger partial charge on any atom is 0.408 e. The number of hydrogen-bond donors (Lipinski definition) is 1. The number of methoxy groups -OCH3 is 2. The van der Waals surface area contributed by atoms with Crippen LogP contribution in [0.4, 0.5) is 13.6 Å². The van der Waals surface area contributed by atoms with Gasteiger partial charge in [0.25, 0.3) is 5.92 Å². The number of likely N-dealkylation sites (tertiary alicyclic amines) is 1. The molecule has 7 nitrogen and oxygen atoms in total. The molecular formula is C20H28F2N2O5. The number of rotatable bonds is 5. The molecular weight excluding hydrogens is 386 g/mol. The average Bonchev–Trinajstić information content (AvgIpc) is 2.71. The molecule has 0 aromatic heterocycles. The molecule has 162 valence electrons. The van der Waals surface area contributed by atoms with Crippen LogP contribution >= 0.6 is 0 Å². The minimum Gasteiger partial charge on any atom is -0.497 e. The molecule has 2 amide bonds. The number of nitrogens with zero attached hydrogens (tertiary/aromatic N) is 1. The first-order valence-electron chi connectivity index (χ1n) is 9.31. The number of nitrogens with one attached hydrogen (secondary N) is 1. The van der Waals surface area contributed by atoms with Crippen LogP contribution in [0.5, 0.6) is 11.5 Å². The van der Waals surface area contributed by atoms with Crippen LogP contribution in [-0.2, 0) is 16.1 Å². The van der Waals surface area contributed by atoms with Crippen LogP contribution in [0.25, 0.3) is 0 Å². The lowest BCUT2D eigenvalue weighted by atomic mass is 10.1. The number of alkyl halides is 2. The fourth-order valence-corrected chi connectivity index (χ4v) is 3.04. The van der Waals surface area contributed by atoms with Gasteiger partial charge in [-0.05, 0) is 39.3 Å². The predicted octanol–water partition coefficient (Wildman–Crippen LogP) is 3.35. The van der Waals surface area contributed by atoms with E-state index in [2.05, 4.69) is 5.32 Å². The summed E-state index contributed by atoms with van der Waals surface area (Å²) in [6.07, 6.45) is -1.51. The summed E-state index contributed by atoms with van der Waals surface area (Å²) in [5, 5.41) is 2.43. The van der Waals surface area contributed by atoms with E-state index in [4.69, 9.17) is 14.2 Å². The Labute approximate surface area is 169 Å². The zero-order valence-corrected chi connectivity index (χ0v) is 17.4. The summed E-state index contributed by atoms with van der Waals surface area (Å²) < 4.78 is 44.2. The number of ether oxygens (including phenoxy) is 3. The van der Waals surface area contributed by atoms with Gasteiger partial charge in [-0.3, -0.25) is 4.79 Å². The normalized spacial score (nSPS) is 19.3. The fraction of sp³-hybridized carbons (Fsp3) is 0.600. The van der Waals surface area contributed by atoms with Crippen molar-refractivity contribution in [3.8, 4) is 11.5 Å². The lowest BCUT2D eigenvalue weighted by Gasteiger charge is -2.27. The van der Waals surface area contributed by atoms with E-state index in [-0.39, 0.29) is 13.0 Å². The molecule has 9 heteroatoms. The molecule has 2 rings (SSSR count). The van der Waals surface area contributed by atoms with E-state index < -0.39 is 42.5 Å². The van der Waals surface area contributed by atoms with E-state index in [1.165, 1.54) is 14.2 Å². The zero-order chi connectivity index (χ0) is 21.8. The Hall–Kier alpha value is -2.58. The van der Waals surface area contributed by atoms with Gasteiger partial charge >= 0.3 is 6.09 Å². The minimum atomic E-state index is -3.07. The van der Waals surface area contributed by atoms with Crippen molar-refractivity contribution in [3.63, 3.8) is 0 Å². The highest BCUT2D eigenvalue weighted by Gasteiger charge is 2.41. The van der Waals surface area contributed by atoms with Crippen molar-refractivity contribution >= 4 is 12.0 Å². The Morgan fingerprint density at radius 1 is 1.28 bits per heavy atom. The van der Waals surface area contributed by atoms with Crippen molar-refractivity contribution in [1.29, 1.82) is 0 Å². The zero-order valence-electron chi connectivity index (χ0n) is 17.4. The molecule has 1 aromatic carbocycles. The lowest BCUT2D eigenvalue weighted by Crippen LogP contribution is -2.49. The maximum atomic E-state index is 14.3. The Morgan fingerprint density at radius 3 is 2.55 bits per heavy atom. The van der Waals surface area contributed by atoms with E-state index in [1.807, 2.05) is 0 Å². The molecule has 1 aliphatic rings. The molecule has 0 radical (unpaired) electrons. The van der Waals surface area contributed by atoms with Crippen molar-refractivity contribution in [2.75, 3.05) is 20.8 Å². The van der Waals surface area contributed by atoms with Crippen LogP contribution in [0.1, 0.15) is 39.2 Å². The molecule has 0 bridgehead atoms. The van der Waals surface area contributed by atoms with Crippen molar-refractivity contribution < 1.29 is 32.6 Å². The summed E-state index contributed by atoms with van der Waals surface area (Å²) in [6, 6.07) is 3.84. The number of hydrogen-bond acceptors (Lipinski definition) is 5. The molecule has 1 aromatic rings. The third kappa shape index (κ3) is 6.47. The third-order valence-corrected chi connectivity index (χ3v) is 4.38. The molecule has 0 saturated carbocycles. The number of carbonyl (C=O) groups excluding carboxylic acids is 2. The van der Waals surface area contributed by atoms with E-state index in [9.17, 15) is 18.4 Å². The van der Waals surface area contributed by atoms with Gasteiger partial charge in [0.05, 0.1) is 20.8 Å². The minimum absolute atomic E-state index is 0.0892. The first-order chi connectivity index (χ1) is 13.4. The second-order valence-corrected chi connectivity index (χ2v) is 7.97. The molecule has 1 saturated heterocycles. The van der Waals surface area contributed by atoms with Gasteiger partial charge in [-0.1, -0.05) is 0 Å². The quantitative estimate of drug-likeness (QED) is 0.800. The summed E-state index contributed by atoms with van der Waals surface area (Å²) in [5.41, 5.74) is -0.215. The van der Waals surface area contributed by atoms with Gasteiger partial charge in [0.15, 0.2) is 0 Å². The van der Waals surface area contributed by atoms with Crippen LogP contribution in [0, 0.1) is 0 Å². The van der Waals surface area contributed by atoms with Crippen molar-refractivity contribution in [1.82, 2.24) is 10.2 Å². The summed E-state index contributed by atoms with van der Waals surface area (Å²) in [4.78, 5) is 26.0. The Bertz CT molecular complexity index is 749. The van der Waals surface area contributed by atoms with E-state index in [0.717, 1.165) is 4.90 Å². The number of benzene rings is 1. The van der Waals surface area contributed by atoms with Gasteiger partial charge in [-0.15, -0.1) is 0 Å². The fourth-order valence-electron chi connectivity index (χ4n) is 3.04. The highest BCUT2D eigenvalue weighted by atomic mass is 19.3. The topological polar surface area (TPSA) is 77.1 Å². The molecule has 1 aliphatic heterocycles. The SMILES string of the molecule is COc1ccc(CN2CC(F)(F)CCC(NC(=O)OC(C)(C)C)C2=O)c(OC)c1. The molecule has 1 N–H and O–H groups in total. The number of alkyl carbamates (subject to hydrolysis) is 1. The van der Waals surface area contributed by atoms with Gasteiger partial charge < -0.3 is 24.4 Å². The lowest BCUT2D eigenvalue weighted by molar-refractivity contribution is -0.136. The van der Waals surface area contributed by atoms with Gasteiger partial charge in [-0.25, -0.2) is 13.6 Å². The molecule has 0 aliphatic carbocycles.